The summed E-state index contributed by atoms with van der Waals surface area (Å²) >= 11 is 6.00. The molecule has 7 heteroatoms. The van der Waals surface area contributed by atoms with Crippen molar-refractivity contribution in [2.24, 2.45) is 11.3 Å². The highest BCUT2D eigenvalue weighted by molar-refractivity contribution is 6.29. The molecule has 1 unspecified atom stereocenters. The number of hydrogen-bond donors (Lipinski definition) is 0. The molecule has 3 heterocycles. The molecule has 1 aliphatic heterocycles. The Bertz CT molecular complexity index is 949. The number of anilines is 1. The van der Waals surface area contributed by atoms with Gasteiger partial charge in [-0.25, -0.2) is 9.97 Å². The van der Waals surface area contributed by atoms with E-state index in [1.165, 1.54) is 0 Å². The minimum Gasteiger partial charge on any atom is -0.282 e. The third kappa shape index (κ3) is 2.61. The second-order valence-electron chi connectivity index (χ2n) is 7.13. The summed E-state index contributed by atoms with van der Waals surface area (Å²) in [6.07, 6.45) is 10.2. The lowest BCUT2D eigenvalue weighted by Gasteiger charge is -2.26. The molecule has 1 amide bonds. The molecule has 6 nitrogen and oxygen atoms in total. The van der Waals surface area contributed by atoms with Gasteiger partial charge in [0.1, 0.15) is 5.82 Å². The Balaban J connectivity index is 1.81. The van der Waals surface area contributed by atoms with Gasteiger partial charge in [0.15, 0.2) is 5.15 Å². The van der Waals surface area contributed by atoms with E-state index in [9.17, 15) is 4.79 Å². The fraction of sp³-hybridized carbons (Fsp3) is 0.316. The Morgan fingerprint density at radius 1 is 1.23 bits per heavy atom. The van der Waals surface area contributed by atoms with Crippen LogP contribution in [0.4, 0.5) is 5.69 Å². The lowest BCUT2D eigenvalue weighted by atomic mass is 9.75. The van der Waals surface area contributed by atoms with Crippen molar-refractivity contribution in [2.45, 2.75) is 27.2 Å². The van der Waals surface area contributed by atoms with Crippen molar-refractivity contribution in [1.29, 1.82) is 0 Å². The quantitative estimate of drug-likeness (QED) is 0.811. The maximum absolute atomic E-state index is 13.1. The van der Waals surface area contributed by atoms with Crippen molar-refractivity contribution in [1.82, 2.24) is 20.2 Å². The van der Waals surface area contributed by atoms with E-state index < -0.39 is 5.41 Å². The zero-order chi connectivity index (χ0) is 18.5. The summed E-state index contributed by atoms with van der Waals surface area (Å²) in [5, 5.41) is 7.94. The molecule has 1 saturated heterocycles. The molecule has 0 N–H and O–H groups in total. The standard InChI is InChI=1S/C19H18ClN5O/c1-11-21-8-13(9-22-11)12-4-5-15-16(6-12)25(18(26)19(15,2)3)14-7-17(20)24-23-10-14/h4,6-10,15H,5H2,1-3H3. The van der Waals surface area contributed by atoms with E-state index in [1.54, 1.807) is 17.2 Å². The molecule has 1 aliphatic carbocycles. The summed E-state index contributed by atoms with van der Waals surface area (Å²) in [7, 11) is 0. The van der Waals surface area contributed by atoms with Crippen molar-refractivity contribution in [3.8, 4) is 0 Å². The van der Waals surface area contributed by atoms with Crippen LogP contribution in [0.5, 0.6) is 0 Å². The molecule has 2 aliphatic rings. The number of carbonyl (C=O) groups is 1. The Morgan fingerprint density at radius 3 is 2.65 bits per heavy atom. The van der Waals surface area contributed by atoms with Crippen molar-refractivity contribution in [2.75, 3.05) is 4.90 Å². The highest BCUT2D eigenvalue weighted by Gasteiger charge is 2.51. The summed E-state index contributed by atoms with van der Waals surface area (Å²) in [6.45, 7) is 5.82. The van der Waals surface area contributed by atoms with Crippen LogP contribution in [0, 0.1) is 18.3 Å². The molecule has 0 bridgehead atoms. The number of carbonyl (C=O) groups excluding carboxylic acids is 1. The first-order chi connectivity index (χ1) is 12.4. The van der Waals surface area contributed by atoms with Crippen LogP contribution >= 0.6 is 11.6 Å². The van der Waals surface area contributed by atoms with Gasteiger partial charge in [0.25, 0.3) is 0 Å². The van der Waals surface area contributed by atoms with Crippen molar-refractivity contribution in [3.63, 3.8) is 0 Å². The zero-order valence-electron chi connectivity index (χ0n) is 14.8. The zero-order valence-corrected chi connectivity index (χ0v) is 15.5. The molecule has 132 valence electrons. The molecule has 0 saturated carbocycles. The fourth-order valence-corrected chi connectivity index (χ4v) is 3.74. The van der Waals surface area contributed by atoms with Gasteiger partial charge in [-0.2, -0.15) is 5.10 Å². The lowest BCUT2D eigenvalue weighted by Crippen LogP contribution is -2.31. The maximum atomic E-state index is 13.1. The molecule has 2 aromatic rings. The van der Waals surface area contributed by atoms with E-state index in [4.69, 9.17) is 11.6 Å². The van der Waals surface area contributed by atoms with Crippen molar-refractivity contribution in [3.05, 3.63) is 59.0 Å². The molecule has 4 rings (SSSR count). The fourth-order valence-electron chi connectivity index (χ4n) is 3.59. The highest BCUT2D eigenvalue weighted by atomic mass is 35.5. The lowest BCUT2D eigenvalue weighted by molar-refractivity contribution is -0.125. The molecule has 0 spiro atoms. The average Bonchev–Trinajstić information content (AvgIpc) is 2.81. The van der Waals surface area contributed by atoms with Gasteiger partial charge in [-0.3, -0.25) is 9.69 Å². The first-order valence-electron chi connectivity index (χ1n) is 8.41. The molecule has 2 aromatic heterocycles. The van der Waals surface area contributed by atoms with Gasteiger partial charge < -0.3 is 0 Å². The number of hydrogen-bond acceptors (Lipinski definition) is 5. The van der Waals surface area contributed by atoms with E-state index in [0.29, 0.717) is 5.69 Å². The van der Waals surface area contributed by atoms with Gasteiger partial charge in [-0.15, -0.1) is 5.10 Å². The van der Waals surface area contributed by atoms with Gasteiger partial charge in [0.05, 0.1) is 17.3 Å². The van der Waals surface area contributed by atoms with Gasteiger partial charge in [0.2, 0.25) is 5.91 Å². The molecule has 0 aromatic carbocycles. The van der Waals surface area contributed by atoms with Crippen LogP contribution in [0.15, 0.2) is 42.5 Å². The van der Waals surface area contributed by atoms with Crippen LogP contribution in [0.2, 0.25) is 5.15 Å². The molecule has 0 radical (unpaired) electrons. The van der Waals surface area contributed by atoms with Gasteiger partial charge in [-0.1, -0.05) is 31.5 Å². The largest absolute Gasteiger partial charge is 0.282 e. The summed E-state index contributed by atoms with van der Waals surface area (Å²) in [5.74, 6) is 0.858. The number of aromatic nitrogens is 4. The van der Waals surface area contributed by atoms with E-state index >= 15 is 0 Å². The number of amides is 1. The minimum absolute atomic E-state index is 0.0348. The Labute approximate surface area is 156 Å². The third-order valence-electron chi connectivity index (χ3n) is 5.10. The predicted octanol–water partition coefficient (Wildman–Crippen LogP) is 3.59. The second-order valence-corrected chi connectivity index (χ2v) is 7.52. The number of allylic oxidation sites excluding steroid dienone is 4. The van der Waals surface area contributed by atoms with Gasteiger partial charge in [-0.05, 0) is 25.0 Å². The van der Waals surface area contributed by atoms with Crippen LogP contribution in [0.3, 0.4) is 0 Å². The summed E-state index contributed by atoms with van der Waals surface area (Å²) in [4.78, 5) is 23.4. The average molecular weight is 368 g/mol. The third-order valence-corrected chi connectivity index (χ3v) is 5.28. The maximum Gasteiger partial charge on any atom is 0.237 e. The first-order valence-corrected chi connectivity index (χ1v) is 8.79. The smallest absolute Gasteiger partial charge is 0.237 e. The minimum atomic E-state index is -0.507. The van der Waals surface area contributed by atoms with Crippen LogP contribution < -0.4 is 4.90 Å². The number of nitrogens with zero attached hydrogens (tertiary/aromatic N) is 5. The van der Waals surface area contributed by atoms with E-state index in [-0.39, 0.29) is 17.0 Å². The molecule has 1 fully saturated rings. The van der Waals surface area contributed by atoms with E-state index in [1.807, 2.05) is 39.2 Å². The monoisotopic (exact) mass is 367 g/mol. The number of rotatable bonds is 2. The number of halogens is 1. The van der Waals surface area contributed by atoms with E-state index in [2.05, 4.69) is 26.2 Å². The summed E-state index contributed by atoms with van der Waals surface area (Å²) < 4.78 is 0. The van der Waals surface area contributed by atoms with Crippen molar-refractivity contribution < 1.29 is 4.79 Å². The van der Waals surface area contributed by atoms with Gasteiger partial charge >= 0.3 is 0 Å². The van der Waals surface area contributed by atoms with Crippen LogP contribution in [-0.2, 0) is 4.79 Å². The number of fused-ring (bicyclic) bond motifs is 1. The van der Waals surface area contributed by atoms with Crippen LogP contribution in [0.1, 0.15) is 31.7 Å². The predicted molar refractivity (Wildman–Crippen MR) is 99.2 cm³/mol. The SMILES string of the molecule is Cc1ncc(C2=CCC3C(=C2)N(c2cnnc(Cl)c2)C(=O)C3(C)C)cn1. The Hall–Kier alpha value is -2.60. The Kier molecular flexibility index (Phi) is 3.88. The summed E-state index contributed by atoms with van der Waals surface area (Å²) in [5.41, 5.74) is 3.03. The second kappa shape index (κ2) is 5.99. The first kappa shape index (κ1) is 16.8. The molecule has 1 atom stereocenters. The molecule has 26 heavy (non-hydrogen) atoms. The van der Waals surface area contributed by atoms with Gasteiger partial charge in [0, 0.05) is 35.6 Å². The topological polar surface area (TPSA) is 71.9 Å². The van der Waals surface area contributed by atoms with Crippen LogP contribution in [0.25, 0.3) is 5.57 Å². The normalized spacial score (nSPS) is 21.3. The number of aryl methyl sites for hydroxylation is 1. The summed E-state index contributed by atoms with van der Waals surface area (Å²) in [6, 6.07) is 1.67. The van der Waals surface area contributed by atoms with Crippen LogP contribution in [-0.4, -0.2) is 26.1 Å². The molecular weight excluding hydrogens is 350 g/mol. The van der Waals surface area contributed by atoms with E-state index in [0.717, 1.165) is 29.1 Å². The highest BCUT2D eigenvalue weighted by Crippen LogP contribution is 2.50. The Morgan fingerprint density at radius 2 is 1.96 bits per heavy atom. The molecular formula is C19H18ClN5O. The van der Waals surface area contributed by atoms with Crippen molar-refractivity contribution >= 4 is 28.8 Å².